The number of carbonyl (C=O) groups excluding carboxylic acids is 1. The summed E-state index contributed by atoms with van der Waals surface area (Å²) in [5.41, 5.74) is 0.177. The van der Waals surface area contributed by atoms with Crippen LogP contribution in [0.4, 0.5) is 18.9 Å². The number of nitrogens with zero attached hydrogens (tertiary/aromatic N) is 1. The molecule has 3 rings (SSSR count). The van der Waals surface area contributed by atoms with Crippen LogP contribution < -0.4 is 4.90 Å². The molecule has 1 aromatic heterocycles. The molecule has 0 saturated carbocycles. The molecule has 1 saturated heterocycles. The van der Waals surface area contributed by atoms with E-state index in [0.29, 0.717) is 30.6 Å². The topological polar surface area (TPSA) is 42.7 Å². The Hall–Kier alpha value is -2.28. The summed E-state index contributed by atoms with van der Waals surface area (Å²) in [5.74, 6) is 0.303. The molecule has 1 aromatic carbocycles. The lowest BCUT2D eigenvalue weighted by Gasteiger charge is -2.37. The molecule has 4 nitrogen and oxygen atoms in total. The largest absolute Gasteiger partial charge is 0.453 e. The minimum atomic E-state index is -4.46. The normalized spacial score (nSPS) is 21.4. The minimum absolute atomic E-state index is 0.0407. The van der Waals surface area contributed by atoms with Crippen molar-refractivity contribution in [2.45, 2.75) is 32.2 Å². The van der Waals surface area contributed by atoms with Gasteiger partial charge < -0.3 is 14.1 Å². The Morgan fingerprint density at radius 3 is 2.36 bits per heavy atom. The van der Waals surface area contributed by atoms with Crippen molar-refractivity contribution in [1.29, 1.82) is 0 Å². The average Bonchev–Trinajstić information content (AvgIpc) is 3.01. The van der Waals surface area contributed by atoms with Gasteiger partial charge in [0.05, 0.1) is 17.8 Å². The monoisotopic (exact) mass is 353 g/mol. The highest BCUT2D eigenvalue weighted by atomic mass is 19.4. The number of benzene rings is 1. The number of hydrogen-bond acceptors (Lipinski definition) is 4. The maximum atomic E-state index is 13.1. The summed E-state index contributed by atoms with van der Waals surface area (Å²) < 4.78 is 50.5. The fourth-order valence-corrected chi connectivity index (χ4v) is 3.12. The van der Waals surface area contributed by atoms with Crippen LogP contribution in [0.5, 0.6) is 0 Å². The predicted molar refractivity (Wildman–Crippen MR) is 86.8 cm³/mol. The number of rotatable bonds is 3. The van der Waals surface area contributed by atoms with Crippen LogP contribution in [0.2, 0.25) is 0 Å². The number of aldehydes is 1. The molecule has 1 fully saturated rings. The molecule has 0 aliphatic carbocycles. The first-order valence-electron chi connectivity index (χ1n) is 7.95. The highest BCUT2D eigenvalue weighted by molar-refractivity contribution is 5.79. The Balaban J connectivity index is 2.09. The van der Waals surface area contributed by atoms with Gasteiger partial charge in [-0.05, 0) is 44.2 Å². The zero-order valence-corrected chi connectivity index (χ0v) is 13.8. The molecule has 2 unspecified atom stereocenters. The maximum absolute atomic E-state index is 13.1. The second-order valence-corrected chi connectivity index (χ2v) is 6.21. The summed E-state index contributed by atoms with van der Waals surface area (Å²) >= 11 is 0. The third-order valence-corrected chi connectivity index (χ3v) is 4.09. The van der Waals surface area contributed by atoms with Crippen molar-refractivity contribution in [2.75, 3.05) is 18.0 Å². The van der Waals surface area contributed by atoms with E-state index < -0.39 is 11.7 Å². The van der Waals surface area contributed by atoms with Crippen molar-refractivity contribution in [3.05, 3.63) is 41.7 Å². The van der Waals surface area contributed by atoms with Gasteiger partial charge in [-0.15, -0.1) is 0 Å². The molecule has 1 aliphatic heterocycles. The van der Waals surface area contributed by atoms with Crippen LogP contribution in [0.1, 0.15) is 30.0 Å². The van der Waals surface area contributed by atoms with E-state index in [4.69, 9.17) is 9.15 Å². The predicted octanol–water partition coefficient (Wildman–Crippen LogP) is 4.39. The summed E-state index contributed by atoms with van der Waals surface area (Å²) in [5, 5.41) is 0. The third kappa shape index (κ3) is 3.71. The van der Waals surface area contributed by atoms with Crippen molar-refractivity contribution < 1.29 is 27.1 Å². The van der Waals surface area contributed by atoms with Crippen molar-refractivity contribution in [2.24, 2.45) is 0 Å². The Bertz CT molecular complexity index is 759. The first-order valence-corrected chi connectivity index (χ1v) is 7.95. The Morgan fingerprint density at radius 1 is 1.12 bits per heavy atom. The molecule has 0 spiro atoms. The Labute approximate surface area is 143 Å². The van der Waals surface area contributed by atoms with Gasteiger partial charge in [-0.25, -0.2) is 0 Å². The molecule has 2 atom stereocenters. The number of ether oxygens (including phenoxy) is 1. The second kappa shape index (κ2) is 6.55. The Morgan fingerprint density at radius 2 is 1.80 bits per heavy atom. The van der Waals surface area contributed by atoms with Gasteiger partial charge >= 0.3 is 6.18 Å². The number of morpholine rings is 1. The lowest BCUT2D eigenvalue weighted by atomic mass is 10.0. The molecule has 134 valence electrons. The van der Waals surface area contributed by atoms with E-state index in [0.717, 1.165) is 12.1 Å². The third-order valence-electron chi connectivity index (χ3n) is 4.09. The van der Waals surface area contributed by atoms with Gasteiger partial charge in [-0.1, -0.05) is 0 Å². The van der Waals surface area contributed by atoms with Crippen LogP contribution in [0, 0.1) is 0 Å². The van der Waals surface area contributed by atoms with E-state index in [1.165, 1.54) is 18.2 Å². The van der Waals surface area contributed by atoms with Gasteiger partial charge in [0.2, 0.25) is 0 Å². The zero-order valence-electron chi connectivity index (χ0n) is 13.8. The van der Waals surface area contributed by atoms with Crippen molar-refractivity contribution >= 4 is 12.0 Å². The second-order valence-electron chi connectivity index (χ2n) is 6.21. The summed E-state index contributed by atoms with van der Waals surface area (Å²) in [6.45, 7) is 4.96. The van der Waals surface area contributed by atoms with E-state index in [-0.39, 0.29) is 23.7 Å². The minimum Gasteiger partial charge on any atom is -0.453 e. The van der Waals surface area contributed by atoms with Crippen LogP contribution in [-0.2, 0) is 10.9 Å². The molecule has 0 radical (unpaired) electrons. The quantitative estimate of drug-likeness (QED) is 0.768. The van der Waals surface area contributed by atoms with Crippen LogP contribution in [0.15, 0.2) is 34.7 Å². The first-order chi connectivity index (χ1) is 11.8. The summed E-state index contributed by atoms with van der Waals surface area (Å²) in [6, 6.07) is 6.53. The number of furan rings is 1. The van der Waals surface area contributed by atoms with Crippen molar-refractivity contribution in [1.82, 2.24) is 0 Å². The number of halogens is 3. The lowest BCUT2D eigenvalue weighted by molar-refractivity contribution is -0.137. The van der Waals surface area contributed by atoms with Crippen molar-refractivity contribution in [3.63, 3.8) is 0 Å². The standard InChI is InChI=1S/C18H18F3NO3/c1-11-8-22(9-12(2)24-11)16-5-3-13(18(19,20)21)7-15(16)17-6-4-14(10-23)25-17/h3-7,10-12H,8-9H2,1-2H3. The smallest absolute Gasteiger partial charge is 0.416 e. The number of hydrogen-bond donors (Lipinski definition) is 0. The summed E-state index contributed by atoms with van der Waals surface area (Å²) in [4.78, 5) is 12.8. The highest BCUT2D eigenvalue weighted by Crippen LogP contribution is 2.39. The van der Waals surface area contributed by atoms with Crippen LogP contribution in [0.25, 0.3) is 11.3 Å². The van der Waals surface area contributed by atoms with Gasteiger partial charge in [-0.2, -0.15) is 13.2 Å². The van der Waals surface area contributed by atoms with Gasteiger partial charge in [0.25, 0.3) is 0 Å². The molecule has 0 bridgehead atoms. The van der Waals surface area contributed by atoms with E-state index in [1.807, 2.05) is 18.7 Å². The van der Waals surface area contributed by atoms with Crippen LogP contribution in [-0.4, -0.2) is 31.6 Å². The molecule has 2 aromatic rings. The maximum Gasteiger partial charge on any atom is 0.416 e. The zero-order chi connectivity index (χ0) is 18.2. The fourth-order valence-electron chi connectivity index (χ4n) is 3.12. The molecular weight excluding hydrogens is 335 g/mol. The number of carbonyl (C=O) groups is 1. The number of anilines is 1. The van der Waals surface area contributed by atoms with Gasteiger partial charge in [-0.3, -0.25) is 4.79 Å². The van der Waals surface area contributed by atoms with Gasteiger partial charge in [0.15, 0.2) is 12.0 Å². The van der Waals surface area contributed by atoms with E-state index in [9.17, 15) is 18.0 Å². The van der Waals surface area contributed by atoms with Crippen LogP contribution >= 0.6 is 0 Å². The van der Waals surface area contributed by atoms with E-state index in [1.54, 1.807) is 0 Å². The molecule has 1 aliphatic rings. The highest BCUT2D eigenvalue weighted by Gasteiger charge is 2.33. The molecular formula is C18H18F3NO3. The molecule has 0 amide bonds. The average molecular weight is 353 g/mol. The van der Waals surface area contributed by atoms with Gasteiger partial charge in [0.1, 0.15) is 5.76 Å². The lowest BCUT2D eigenvalue weighted by Crippen LogP contribution is -2.45. The molecule has 2 heterocycles. The molecule has 7 heteroatoms. The van der Waals surface area contributed by atoms with E-state index >= 15 is 0 Å². The summed E-state index contributed by atoms with van der Waals surface area (Å²) in [7, 11) is 0. The molecule has 0 N–H and O–H groups in total. The van der Waals surface area contributed by atoms with Crippen molar-refractivity contribution in [3.8, 4) is 11.3 Å². The fraction of sp³-hybridized carbons (Fsp3) is 0.389. The SMILES string of the molecule is CC1CN(c2ccc(C(F)(F)F)cc2-c2ccc(C=O)o2)CC(C)O1. The summed E-state index contributed by atoms with van der Waals surface area (Å²) in [6.07, 6.45) is -4.02. The number of alkyl halides is 3. The first kappa shape index (κ1) is 17.5. The molecule has 25 heavy (non-hydrogen) atoms. The van der Waals surface area contributed by atoms with Crippen LogP contribution in [0.3, 0.4) is 0 Å². The Kier molecular flexibility index (Phi) is 4.60. The van der Waals surface area contributed by atoms with Gasteiger partial charge in [0, 0.05) is 24.3 Å². The van der Waals surface area contributed by atoms with E-state index in [2.05, 4.69) is 0 Å².